The van der Waals surface area contributed by atoms with Gasteiger partial charge in [0, 0.05) is 12.6 Å². The number of methoxy groups -OCH3 is 1. The Hall–Kier alpha value is -2.37. The van der Waals surface area contributed by atoms with E-state index in [2.05, 4.69) is 20.3 Å². The van der Waals surface area contributed by atoms with Crippen molar-refractivity contribution >= 4 is 5.95 Å². The van der Waals surface area contributed by atoms with E-state index in [-0.39, 0.29) is 6.10 Å². The van der Waals surface area contributed by atoms with Crippen molar-refractivity contribution in [1.82, 2.24) is 15.0 Å². The maximum atomic E-state index is 5.54. The van der Waals surface area contributed by atoms with E-state index in [9.17, 15) is 0 Å². The molecule has 6 heteroatoms. The van der Waals surface area contributed by atoms with E-state index < -0.39 is 0 Å². The Morgan fingerprint density at radius 1 is 1.05 bits per heavy atom. The summed E-state index contributed by atoms with van der Waals surface area (Å²) in [6, 6.07) is 7.83. The van der Waals surface area contributed by atoms with Crippen LogP contribution in [0.5, 0.6) is 11.8 Å². The van der Waals surface area contributed by atoms with Crippen molar-refractivity contribution in [3.63, 3.8) is 0 Å². The fourth-order valence-electron chi connectivity index (χ4n) is 1.60. The first-order chi connectivity index (χ1) is 9.62. The summed E-state index contributed by atoms with van der Waals surface area (Å²) in [5.41, 5.74) is 0.873. The SMILES string of the molecule is CNc1nc(OC(C)C)nc(-c2ccc(OC)cc2)n1. The topological polar surface area (TPSA) is 69.2 Å². The normalized spacial score (nSPS) is 10.4. The molecule has 0 saturated heterocycles. The Morgan fingerprint density at radius 2 is 1.75 bits per heavy atom. The molecule has 2 aromatic rings. The molecule has 0 bridgehead atoms. The molecule has 6 nitrogen and oxygen atoms in total. The van der Waals surface area contributed by atoms with Crippen molar-refractivity contribution in [3.05, 3.63) is 24.3 Å². The Balaban J connectivity index is 2.38. The summed E-state index contributed by atoms with van der Waals surface area (Å²) in [4.78, 5) is 12.8. The monoisotopic (exact) mass is 274 g/mol. The van der Waals surface area contributed by atoms with Crippen LogP contribution in [0, 0.1) is 0 Å². The van der Waals surface area contributed by atoms with Gasteiger partial charge in [0.15, 0.2) is 5.82 Å². The molecule has 0 atom stereocenters. The molecular weight excluding hydrogens is 256 g/mol. The minimum atomic E-state index is 0.00539. The molecule has 1 N–H and O–H groups in total. The average Bonchev–Trinajstić information content (AvgIpc) is 2.46. The molecule has 106 valence electrons. The van der Waals surface area contributed by atoms with Gasteiger partial charge >= 0.3 is 6.01 Å². The fraction of sp³-hybridized carbons (Fsp3) is 0.357. The van der Waals surface area contributed by atoms with Crippen molar-refractivity contribution in [2.45, 2.75) is 20.0 Å². The second-order valence-corrected chi connectivity index (χ2v) is 4.41. The lowest BCUT2D eigenvalue weighted by molar-refractivity contribution is 0.222. The van der Waals surface area contributed by atoms with Gasteiger partial charge in [-0.05, 0) is 38.1 Å². The van der Waals surface area contributed by atoms with E-state index in [4.69, 9.17) is 9.47 Å². The summed E-state index contributed by atoms with van der Waals surface area (Å²) in [5, 5.41) is 2.91. The quantitative estimate of drug-likeness (QED) is 0.902. The van der Waals surface area contributed by atoms with Gasteiger partial charge in [-0.25, -0.2) is 0 Å². The highest BCUT2D eigenvalue weighted by Crippen LogP contribution is 2.21. The number of hydrogen-bond acceptors (Lipinski definition) is 6. The Labute approximate surface area is 118 Å². The van der Waals surface area contributed by atoms with Gasteiger partial charge in [0.2, 0.25) is 5.95 Å². The third kappa shape index (κ3) is 3.34. The molecule has 0 aliphatic carbocycles. The van der Waals surface area contributed by atoms with Gasteiger partial charge < -0.3 is 14.8 Å². The molecule has 0 fully saturated rings. The number of ether oxygens (including phenoxy) is 2. The lowest BCUT2D eigenvalue weighted by Crippen LogP contribution is -2.11. The molecule has 1 aromatic carbocycles. The Kier molecular flexibility index (Phi) is 4.34. The van der Waals surface area contributed by atoms with Gasteiger partial charge in [0.25, 0.3) is 0 Å². The molecule has 1 heterocycles. The van der Waals surface area contributed by atoms with Crippen LogP contribution in [-0.2, 0) is 0 Å². The number of nitrogens with one attached hydrogen (secondary N) is 1. The van der Waals surface area contributed by atoms with Gasteiger partial charge in [-0.15, -0.1) is 0 Å². The van der Waals surface area contributed by atoms with Crippen molar-refractivity contribution in [3.8, 4) is 23.1 Å². The smallest absolute Gasteiger partial charge is 0.322 e. The van der Waals surface area contributed by atoms with Gasteiger partial charge in [0.05, 0.1) is 13.2 Å². The number of anilines is 1. The molecular formula is C14H18N4O2. The predicted octanol–water partition coefficient (Wildman–Crippen LogP) is 2.38. The Bertz CT molecular complexity index is 570. The lowest BCUT2D eigenvalue weighted by Gasteiger charge is -2.10. The summed E-state index contributed by atoms with van der Waals surface area (Å²) in [5.74, 6) is 1.82. The number of hydrogen-bond donors (Lipinski definition) is 1. The first-order valence-electron chi connectivity index (χ1n) is 6.37. The minimum absolute atomic E-state index is 0.00539. The maximum absolute atomic E-state index is 5.54. The molecule has 2 rings (SSSR count). The van der Waals surface area contributed by atoms with E-state index in [1.54, 1.807) is 14.2 Å². The van der Waals surface area contributed by atoms with Crippen molar-refractivity contribution in [2.75, 3.05) is 19.5 Å². The highest BCUT2D eigenvalue weighted by molar-refractivity contribution is 5.57. The summed E-state index contributed by atoms with van der Waals surface area (Å²) in [7, 11) is 3.39. The second kappa shape index (κ2) is 6.18. The van der Waals surface area contributed by atoms with Crippen LogP contribution in [0.15, 0.2) is 24.3 Å². The van der Waals surface area contributed by atoms with Gasteiger partial charge in [-0.3, -0.25) is 0 Å². The highest BCUT2D eigenvalue weighted by atomic mass is 16.5. The molecule has 20 heavy (non-hydrogen) atoms. The second-order valence-electron chi connectivity index (χ2n) is 4.41. The molecule has 1 aromatic heterocycles. The standard InChI is InChI=1S/C14H18N4O2/c1-9(2)20-14-17-12(16-13(15-3)18-14)10-5-7-11(19-4)8-6-10/h5-9H,1-4H3,(H,15,16,17,18). The summed E-state index contributed by atoms with van der Waals surface area (Å²) in [6.07, 6.45) is 0.00539. The molecule has 0 radical (unpaired) electrons. The Morgan fingerprint density at radius 3 is 2.30 bits per heavy atom. The first-order valence-corrected chi connectivity index (χ1v) is 6.37. The minimum Gasteiger partial charge on any atom is -0.497 e. The van der Waals surface area contributed by atoms with E-state index in [0.29, 0.717) is 17.8 Å². The molecule has 0 aliphatic rings. The van der Waals surface area contributed by atoms with Crippen molar-refractivity contribution in [1.29, 1.82) is 0 Å². The average molecular weight is 274 g/mol. The van der Waals surface area contributed by atoms with Crippen LogP contribution < -0.4 is 14.8 Å². The van der Waals surface area contributed by atoms with Gasteiger partial charge in [0.1, 0.15) is 5.75 Å². The van der Waals surface area contributed by atoms with Crippen molar-refractivity contribution in [2.24, 2.45) is 0 Å². The van der Waals surface area contributed by atoms with Gasteiger partial charge in [-0.2, -0.15) is 15.0 Å². The number of rotatable bonds is 5. The number of aromatic nitrogens is 3. The van der Waals surface area contributed by atoms with Crippen LogP contribution in [0.4, 0.5) is 5.95 Å². The van der Waals surface area contributed by atoms with Crippen LogP contribution >= 0.6 is 0 Å². The van der Waals surface area contributed by atoms with E-state index in [1.165, 1.54) is 0 Å². The first kappa shape index (κ1) is 14.0. The van der Waals surface area contributed by atoms with E-state index in [1.807, 2.05) is 38.1 Å². The summed E-state index contributed by atoms with van der Waals surface area (Å²) in [6.45, 7) is 3.85. The number of benzene rings is 1. The zero-order chi connectivity index (χ0) is 14.5. The van der Waals surface area contributed by atoms with Crippen LogP contribution in [0.2, 0.25) is 0 Å². The predicted molar refractivity (Wildman–Crippen MR) is 77.1 cm³/mol. The van der Waals surface area contributed by atoms with Crippen molar-refractivity contribution < 1.29 is 9.47 Å². The highest BCUT2D eigenvalue weighted by Gasteiger charge is 2.10. The zero-order valence-corrected chi connectivity index (χ0v) is 12.0. The van der Waals surface area contributed by atoms with E-state index >= 15 is 0 Å². The molecule has 0 aliphatic heterocycles. The maximum Gasteiger partial charge on any atom is 0.322 e. The largest absolute Gasteiger partial charge is 0.497 e. The zero-order valence-electron chi connectivity index (χ0n) is 12.0. The van der Waals surface area contributed by atoms with Gasteiger partial charge in [-0.1, -0.05) is 0 Å². The van der Waals surface area contributed by atoms with Crippen LogP contribution in [-0.4, -0.2) is 35.2 Å². The number of nitrogens with zero attached hydrogens (tertiary/aromatic N) is 3. The molecule has 0 spiro atoms. The molecule has 0 amide bonds. The summed E-state index contributed by atoms with van der Waals surface area (Å²) >= 11 is 0. The third-order valence-electron chi connectivity index (χ3n) is 2.53. The van der Waals surface area contributed by atoms with Crippen LogP contribution in [0.1, 0.15) is 13.8 Å². The van der Waals surface area contributed by atoms with Crippen LogP contribution in [0.25, 0.3) is 11.4 Å². The molecule has 0 saturated carbocycles. The lowest BCUT2D eigenvalue weighted by atomic mass is 10.2. The fourth-order valence-corrected chi connectivity index (χ4v) is 1.60. The third-order valence-corrected chi connectivity index (χ3v) is 2.53. The molecule has 0 unspecified atom stereocenters. The van der Waals surface area contributed by atoms with Crippen LogP contribution in [0.3, 0.4) is 0 Å². The summed E-state index contributed by atoms with van der Waals surface area (Å²) < 4.78 is 10.7. The van der Waals surface area contributed by atoms with E-state index in [0.717, 1.165) is 11.3 Å².